The Labute approximate surface area is 102 Å². The van der Waals surface area contributed by atoms with Crippen LogP contribution in [0.1, 0.15) is 12.5 Å². The number of nitrogens with one attached hydrogen (secondary N) is 1. The SMILES string of the molecule is CCNC(Cc1ccc(F)cc1)C(OC)OC. The van der Waals surface area contributed by atoms with Crippen LogP contribution >= 0.6 is 0 Å². The molecule has 1 N–H and O–H groups in total. The minimum Gasteiger partial charge on any atom is -0.354 e. The van der Waals surface area contributed by atoms with Gasteiger partial charge in [0, 0.05) is 14.2 Å². The molecule has 0 amide bonds. The summed E-state index contributed by atoms with van der Waals surface area (Å²) in [7, 11) is 3.23. The van der Waals surface area contributed by atoms with Gasteiger partial charge in [-0.3, -0.25) is 0 Å². The maximum atomic E-state index is 12.8. The molecule has 0 aliphatic carbocycles. The van der Waals surface area contributed by atoms with Crippen molar-refractivity contribution in [3.05, 3.63) is 35.6 Å². The maximum absolute atomic E-state index is 12.8. The number of hydrogen-bond acceptors (Lipinski definition) is 3. The fraction of sp³-hybridized carbons (Fsp3) is 0.538. The predicted molar refractivity (Wildman–Crippen MR) is 65.4 cm³/mol. The molecule has 0 aliphatic rings. The molecule has 1 unspecified atom stereocenters. The molecule has 0 heterocycles. The van der Waals surface area contributed by atoms with Crippen molar-refractivity contribution in [3.8, 4) is 0 Å². The van der Waals surface area contributed by atoms with Gasteiger partial charge in [0.15, 0.2) is 6.29 Å². The Morgan fingerprint density at radius 3 is 2.24 bits per heavy atom. The zero-order valence-corrected chi connectivity index (χ0v) is 10.6. The van der Waals surface area contributed by atoms with E-state index in [9.17, 15) is 4.39 Å². The van der Waals surface area contributed by atoms with Gasteiger partial charge in [0.1, 0.15) is 5.82 Å². The van der Waals surface area contributed by atoms with Crippen LogP contribution in [0.4, 0.5) is 4.39 Å². The summed E-state index contributed by atoms with van der Waals surface area (Å²) in [5.74, 6) is -0.219. The van der Waals surface area contributed by atoms with Gasteiger partial charge in [-0.15, -0.1) is 0 Å². The van der Waals surface area contributed by atoms with Gasteiger partial charge in [-0.05, 0) is 30.7 Å². The molecule has 3 nitrogen and oxygen atoms in total. The lowest BCUT2D eigenvalue weighted by Gasteiger charge is -2.25. The molecular formula is C13H20FNO2. The molecule has 96 valence electrons. The summed E-state index contributed by atoms with van der Waals surface area (Å²) in [5.41, 5.74) is 1.05. The molecule has 1 aromatic rings. The van der Waals surface area contributed by atoms with Gasteiger partial charge < -0.3 is 14.8 Å². The van der Waals surface area contributed by atoms with Crippen LogP contribution in [0.5, 0.6) is 0 Å². The summed E-state index contributed by atoms with van der Waals surface area (Å²) >= 11 is 0. The molecule has 0 saturated carbocycles. The maximum Gasteiger partial charge on any atom is 0.172 e. The number of benzene rings is 1. The monoisotopic (exact) mass is 241 g/mol. The molecule has 1 aromatic carbocycles. The molecule has 0 saturated heterocycles. The van der Waals surface area contributed by atoms with Crippen LogP contribution < -0.4 is 5.32 Å². The van der Waals surface area contributed by atoms with E-state index < -0.39 is 0 Å². The van der Waals surface area contributed by atoms with Crippen molar-refractivity contribution in [1.82, 2.24) is 5.32 Å². The highest BCUT2D eigenvalue weighted by Crippen LogP contribution is 2.10. The van der Waals surface area contributed by atoms with E-state index in [0.29, 0.717) is 0 Å². The van der Waals surface area contributed by atoms with E-state index in [1.54, 1.807) is 26.4 Å². The molecule has 0 aliphatic heterocycles. The van der Waals surface area contributed by atoms with Crippen LogP contribution in [0, 0.1) is 5.82 Å². The number of ether oxygens (including phenoxy) is 2. The van der Waals surface area contributed by atoms with E-state index in [1.807, 2.05) is 6.92 Å². The van der Waals surface area contributed by atoms with Gasteiger partial charge in [-0.1, -0.05) is 19.1 Å². The van der Waals surface area contributed by atoms with E-state index >= 15 is 0 Å². The van der Waals surface area contributed by atoms with Crippen molar-refractivity contribution < 1.29 is 13.9 Å². The molecule has 17 heavy (non-hydrogen) atoms. The number of methoxy groups -OCH3 is 2. The standard InChI is InChI=1S/C13H20FNO2/c1-4-15-12(13(16-2)17-3)9-10-5-7-11(14)8-6-10/h5-8,12-13,15H,4,9H2,1-3H3. The highest BCUT2D eigenvalue weighted by molar-refractivity contribution is 5.17. The quantitative estimate of drug-likeness (QED) is 0.740. The van der Waals surface area contributed by atoms with Gasteiger partial charge in [0.25, 0.3) is 0 Å². The van der Waals surface area contributed by atoms with Crippen LogP contribution in [-0.4, -0.2) is 33.1 Å². The summed E-state index contributed by atoms with van der Waals surface area (Å²) in [6.07, 6.45) is 0.431. The first-order valence-corrected chi connectivity index (χ1v) is 5.74. The minimum atomic E-state index is -0.306. The van der Waals surface area contributed by atoms with Gasteiger partial charge in [0.05, 0.1) is 6.04 Å². The lowest BCUT2D eigenvalue weighted by atomic mass is 10.1. The Morgan fingerprint density at radius 1 is 1.18 bits per heavy atom. The summed E-state index contributed by atoms with van der Waals surface area (Å²) < 4.78 is 23.3. The van der Waals surface area contributed by atoms with E-state index in [0.717, 1.165) is 18.5 Å². The molecule has 1 atom stereocenters. The summed E-state index contributed by atoms with van der Waals surface area (Å²) in [6, 6.07) is 6.55. The second-order valence-corrected chi connectivity index (χ2v) is 3.83. The smallest absolute Gasteiger partial charge is 0.172 e. The normalized spacial score (nSPS) is 13.0. The first kappa shape index (κ1) is 14.1. The van der Waals surface area contributed by atoms with Crippen molar-refractivity contribution in [2.75, 3.05) is 20.8 Å². The van der Waals surface area contributed by atoms with Crippen LogP contribution in [0.25, 0.3) is 0 Å². The summed E-state index contributed by atoms with van der Waals surface area (Å²) in [6.45, 7) is 2.86. The highest BCUT2D eigenvalue weighted by atomic mass is 19.1. The van der Waals surface area contributed by atoms with Crippen LogP contribution in [-0.2, 0) is 15.9 Å². The Hall–Kier alpha value is -0.970. The van der Waals surface area contributed by atoms with E-state index in [2.05, 4.69) is 5.32 Å². The average molecular weight is 241 g/mol. The van der Waals surface area contributed by atoms with Gasteiger partial charge in [-0.25, -0.2) is 4.39 Å². The summed E-state index contributed by atoms with van der Waals surface area (Å²) in [5, 5.41) is 3.30. The fourth-order valence-electron chi connectivity index (χ4n) is 1.83. The second-order valence-electron chi connectivity index (χ2n) is 3.83. The first-order valence-electron chi connectivity index (χ1n) is 5.74. The zero-order chi connectivity index (χ0) is 12.7. The predicted octanol–water partition coefficient (Wildman–Crippen LogP) is 1.97. The molecular weight excluding hydrogens is 221 g/mol. The molecule has 0 bridgehead atoms. The minimum absolute atomic E-state index is 0.0560. The van der Waals surface area contributed by atoms with Gasteiger partial charge in [0.2, 0.25) is 0 Å². The third kappa shape index (κ3) is 4.42. The Bertz CT molecular complexity index is 312. The van der Waals surface area contributed by atoms with Crippen molar-refractivity contribution in [1.29, 1.82) is 0 Å². The number of halogens is 1. The van der Waals surface area contributed by atoms with Crippen LogP contribution in [0.2, 0.25) is 0 Å². The van der Waals surface area contributed by atoms with E-state index in [4.69, 9.17) is 9.47 Å². The molecule has 1 rings (SSSR count). The summed E-state index contributed by atoms with van der Waals surface area (Å²) in [4.78, 5) is 0. The molecule has 0 spiro atoms. The third-order valence-electron chi connectivity index (χ3n) is 2.63. The first-order chi connectivity index (χ1) is 8.21. The number of hydrogen-bond donors (Lipinski definition) is 1. The Morgan fingerprint density at radius 2 is 1.76 bits per heavy atom. The zero-order valence-electron chi connectivity index (χ0n) is 10.6. The Balaban J connectivity index is 2.68. The molecule has 4 heteroatoms. The average Bonchev–Trinajstić information content (AvgIpc) is 2.34. The van der Waals surface area contributed by atoms with Crippen LogP contribution in [0.3, 0.4) is 0 Å². The van der Waals surface area contributed by atoms with Crippen molar-refractivity contribution >= 4 is 0 Å². The van der Waals surface area contributed by atoms with Crippen LogP contribution in [0.15, 0.2) is 24.3 Å². The fourth-order valence-corrected chi connectivity index (χ4v) is 1.83. The second kappa shape index (κ2) is 7.37. The molecule has 0 aromatic heterocycles. The van der Waals surface area contributed by atoms with Gasteiger partial charge in [-0.2, -0.15) is 0 Å². The topological polar surface area (TPSA) is 30.5 Å². The highest BCUT2D eigenvalue weighted by Gasteiger charge is 2.20. The number of rotatable bonds is 7. The van der Waals surface area contributed by atoms with Crippen molar-refractivity contribution in [2.24, 2.45) is 0 Å². The lowest BCUT2D eigenvalue weighted by molar-refractivity contribution is -0.122. The van der Waals surface area contributed by atoms with Crippen molar-refractivity contribution in [3.63, 3.8) is 0 Å². The lowest BCUT2D eigenvalue weighted by Crippen LogP contribution is -2.43. The van der Waals surface area contributed by atoms with Gasteiger partial charge >= 0.3 is 0 Å². The van der Waals surface area contributed by atoms with E-state index in [1.165, 1.54) is 12.1 Å². The largest absolute Gasteiger partial charge is 0.354 e. The molecule has 0 fully saturated rings. The number of likely N-dealkylation sites (N-methyl/N-ethyl adjacent to an activating group) is 1. The van der Waals surface area contributed by atoms with E-state index in [-0.39, 0.29) is 18.1 Å². The van der Waals surface area contributed by atoms with Crippen molar-refractivity contribution in [2.45, 2.75) is 25.7 Å². The molecule has 0 radical (unpaired) electrons. The Kier molecular flexibility index (Phi) is 6.11. The third-order valence-corrected chi connectivity index (χ3v) is 2.63.